The normalized spacial score (nSPS) is 31.1. The van der Waals surface area contributed by atoms with Gasteiger partial charge in [0.2, 0.25) is 0 Å². The Morgan fingerprint density at radius 2 is 0.642 bits per heavy atom. The molecule has 18 heteroatoms. The van der Waals surface area contributed by atoms with Gasteiger partial charge < -0.3 is 62.1 Å². The van der Waals surface area contributed by atoms with Crippen LogP contribution in [0.4, 0.5) is 14.4 Å². The van der Waals surface area contributed by atoms with Gasteiger partial charge in [-0.3, -0.25) is 4.79 Å². The Morgan fingerprint density at radius 1 is 0.448 bits per heavy atom. The van der Waals surface area contributed by atoms with E-state index in [0.717, 1.165) is 116 Å². The maximum absolute atomic E-state index is 11.5. The standard InChI is InChI=1S/2C12H23NO3.C11H19NO3.2C7H15NO.2ClH/c2*1-11(2,3)16-10(14)13-9-5-7-12(4,15)8-6-9;1-11(2,3)15-10(14)12-8-4-6-9(13)7-5-8;2*1-7(9)4-2-6(8)3-5-7;;/h2*9,15H,5-8H2,1-4H3,(H,13,14);8H,4-7H2,1-3H3,(H,12,14);2*6,9H,2-5,8H2,1H3;2*1H. The zero-order valence-corrected chi connectivity index (χ0v) is 45.3. The van der Waals surface area contributed by atoms with Gasteiger partial charge in [-0.1, -0.05) is 0 Å². The number of halogens is 2. The molecule has 3 amide bonds. The smallest absolute Gasteiger partial charge is 0.407 e. The van der Waals surface area contributed by atoms with E-state index < -0.39 is 39.2 Å². The van der Waals surface area contributed by atoms with Crippen molar-refractivity contribution in [2.24, 2.45) is 11.5 Å². The Balaban J connectivity index is 0. The summed E-state index contributed by atoms with van der Waals surface area (Å²) in [6, 6.07) is 1.04. The third-order valence-corrected chi connectivity index (χ3v) is 12.0. The van der Waals surface area contributed by atoms with Gasteiger partial charge in [0.25, 0.3) is 0 Å². The largest absolute Gasteiger partial charge is 0.444 e. The minimum atomic E-state index is -0.563. The number of ether oxygens (including phenoxy) is 3. The fraction of sp³-hybridized carbons (Fsp3) is 0.918. The molecule has 5 aliphatic carbocycles. The number of hydrogen-bond acceptors (Lipinski definition) is 13. The summed E-state index contributed by atoms with van der Waals surface area (Å²) in [6.07, 6.45) is 15.1. The number of alkyl carbamates (subject to hydrolysis) is 3. The number of amides is 3. The van der Waals surface area contributed by atoms with Gasteiger partial charge >= 0.3 is 18.3 Å². The summed E-state index contributed by atoms with van der Waals surface area (Å²) in [5, 5.41) is 46.9. The summed E-state index contributed by atoms with van der Waals surface area (Å²) in [6.45, 7) is 24.0. The number of aliphatic hydroxyl groups is 4. The van der Waals surface area contributed by atoms with E-state index in [1.807, 2.05) is 90.0 Å². The summed E-state index contributed by atoms with van der Waals surface area (Å²) in [7, 11) is 0. The minimum absolute atomic E-state index is 0. The topological polar surface area (TPSA) is 265 Å². The first-order valence-electron chi connectivity index (χ1n) is 24.3. The average Bonchev–Trinajstić information content (AvgIpc) is 3.12. The van der Waals surface area contributed by atoms with Crippen molar-refractivity contribution in [3.63, 3.8) is 0 Å². The van der Waals surface area contributed by atoms with E-state index in [9.17, 15) is 39.6 Å². The molecule has 0 spiro atoms. The van der Waals surface area contributed by atoms with E-state index in [1.165, 1.54) is 0 Å². The van der Waals surface area contributed by atoms with E-state index in [1.54, 1.807) is 0 Å². The lowest BCUT2D eigenvalue weighted by molar-refractivity contribution is -0.120. The zero-order chi connectivity index (χ0) is 50.1. The second kappa shape index (κ2) is 29.2. The van der Waals surface area contributed by atoms with Crippen LogP contribution in [-0.4, -0.2) is 114 Å². The predicted octanol–water partition coefficient (Wildman–Crippen LogP) is 8.55. The SMILES string of the molecule is CC(C)(C)OC(=O)NC1CCC(=O)CC1.CC1(O)CCC(N)CC1.CC1(O)CCC(N)CC1.CC1(O)CCC(NC(=O)OC(C)(C)C)CC1.CC1(O)CCC(NC(=O)OC(C)(C)C)CC1.Cl.Cl. The second-order valence-electron chi connectivity index (χ2n) is 23.5. The predicted molar refractivity (Wildman–Crippen MR) is 270 cm³/mol. The number of rotatable bonds is 3. The minimum Gasteiger partial charge on any atom is -0.444 e. The molecule has 0 radical (unpaired) electrons. The fourth-order valence-electron chi connectivity index (χ4n) is 7.80. The average molecular weight is 1000 g/mol. The van der Waals surface area contributed by atoms with Crippen LogP contribution >= 0.6 is 24.8 Å². The number of carbonyl (C=O) groups is 4. The molecule has 0 unspecified atom stereocenters. The highest BCUT2D eigenvalue weighted by Gasteiger charge is 2.32. The molecule has 0 aliphatic heterocycles. The molecule has 398 valence electrons. The summed E-state index contributed by atoms with van der Waals surface area (Å²) in [5.41, 5.74) is 7.95. The lowest BCUT2D eigenvalue weighted by Gasteiger charge is -2.33. The van der Waals surface area contributed by atoms with Crippen LogP contribution < -0.4 is 27.4 Å². The first-order chi connectivity index (χ1) is 29.4. The van der Waals surface area contributed by atoms with Crippen molar-refractivity contribution < 1.29 is 53.8 Å². The third-order valence-electron chi connectivity index (χ3n) is 12.0. The van der Waals surface area contributed by atoms with Gasteiger partial charge in [0.05, 0.1) is 22.4 Å². The Hall–Kier alpha value is -2.18. The molecule has 5 aliphatic rings. The van der Waals surface area contributed by atoms with Crippen molar-refractivity contribution >= 4 is 48.9 Å². The van der Waals surface area contributed by atoms with E-state index >= 15 is 0 Å². The van der Waals surface area contributed by atoms with Crippen molar-refractivity contribution in [3.8, 4) is 0 Å². The van der Waals surface area contributed by atoms with Gasteiger partial charge in [0.15, 0.2) is 0 Å². The van der Waals surface area contributed by atoms with Gasteiger partial charge in [0, 0.05) is 43.1 Å². The quantitative estimate of drug-likeness (QED) is 0.120. The number of Topliss-reactive ketones (excluding diaryl/α,β-unsaturated/α-hetero) is 1. The maximum Gasteiger partial charge on any atom is 0.407 e. The number of carbonyl (C=O) groups excluding carboxylic acids is 4. The molecule has 16 nitrogen and oxygen atoms in total. The molecule has 0 heterocycles. The summed E-state index contributed by atoms with van der Waals surface area (Å²) < 4.78 is 15.5. The summed E-state index contributed by atoms with van der Waals surface area (Å²) in [4.78, 5) is 45.4. The monoisotopic (exact) mass is 1000 g/mol. The maximum atomic E-state index is 11.5. The molecule has 5 saturated carbocycles. The van der Waals surface area contributed by atoms with Crippen LogP contribution in [-0.2, 0) is 19.0 Å². The molecule has 11 N–H and O–H groups in total. The highest BCUT2D eigenvalue weighted by molar-refractivity contribution is 5.85. The summed E-state index contributed by atoms with van der Waals surface area (Å²) in [5.74, 6) is 0.289. The first-order valence-corrected chi connectivity index (χ1v) is 24.3. The molecule has 0 aromatic heterocycles. The highest BCUT2D eigenvalue weighted by Crippen LogP contribution is 2.30. The molecule has 0 aromatic rings. The first kappa shape index (κ1) is 66.9. The Bertz CT molecular complexity index is 1330. The van der Waals surface area contributed by atoms with Crippen LogP contribution in [0.15, 0.2) is 0 Å². The lowest BCUT2D eigenvalue weighted by atomic mass is 9.84. The van der Waals surface area contributed by atoms with Crippen molar-refractivity contribution in [2.75, 3.05) is 0 Å². The Morgan fingerprint density at radius 3 is 0.836 bits per heavy atom. The van der Waals surface area contributed by atoms with Crippen LogP contribution in [0.1, 0.15) is 218 Å². The molecule has 0 aromatic carbocycles. The third kappa shape index (κ3) is 35.6. The molecule has 0 bridgehead atoms. The lowest BCUT2D eigenvalue weighted by Crippen LogP contribution is -2.44. The van der Waals surface area contributed by atoms with Crippen LogP contribution in [0.25, 0.3) is 0 Å². The molecule has 0 saturated heterocycles. The van der Waals surface area contributed by atoms with Gasteiger partial charge in [0.1, 0.15) is 22.6 Å². The highest BCUT2D eigenvalue weighted by atomic mass is 35.5. The van der Waals surface area contributed by atoms with Crippen molar-refractivity contribution in [3.05, 3.63) is 0 Å². The second-order valence-corrected chi connectivity index (χ2v) is 23.5. The van der Waals surface area contributed by atoms with E-state index in [0.29, 0.717) is 24.9 Å². The van der Waals surface area contributed by atoms with Crippen LogP contribution in [0.5, 0.6) is 0 Å². The van der Waals surface area contributed by atoms with Gasteiger partial charge in [-0.05, 0) is 206 Å². The van der Waals surface area contributed by atoms with Crippen LogP contribution in [0.2, 0.25) is 0 Å². The summed E-state index contributed by atoms with van der Waals surface area (Å²) >= 11 is 0. The van der Waals surface area contributed by atoms with Crippen LogP contribution in [0, 0.1) is 0 Å². The fourth-order valence-corrected chi connectivity index (χ4v) is 7.80. The Labute approximate surface area is 416 Å². The van der Waals surface area contributed by atoms with Gasteiger partial charge in [-0.25, -0.2) is 14.4 Å². The van der Waals surface area contributed by atoms with E-state index in [4.69, 9.17) is 25.7 Å². The van der Waals surface area contributed by atoms with Crippen molar-refractivity contribution in [2.45, 2.75) is 288 Å². The molecule has 5 rings (SSSR count). The van der Waals surface area contributed by atoms with Gasteiger partial charge in [-0.2, -0.15) is 0 Å². The van der Waals surface area contributed by atoms with Crippen LogP contribution in [0.3, 0.4) is 0 Å². The molecular formula is C49H97Cl2N5O11. The van der Waals surface area contributed by atoms with Crippen molar-refractivity contribution in [1.29, 1.82) is 0 Å². The van der Waals surface area contributed by atoms with E-state index in [2.05, 4.69) is 16.0 Å². The Kier molecular flexibility index (Phi) is 29.2. The number of nitrogens with one attached hydrogen (secondary N) is 3. The number of hydrogen-bond donors (Lipinski definition) is 9. The van der Waals surface area contributed by atoms with Crippen molar-refractivity contribution in [1.82, 2.24) is 16.0 Å². The van der Waals surface area contributed by atoms with E-state index in [-0.39, 0.29) is 67.0 Å². The molecular weight excluding hydrogens is 905 g/mol. The molecule has 5 fully saturated rings. The zero-order valence-electron chi connectivity index (χ0n) is 43.6. The molecule has 0 atom stereocenters. The number of ketones is 1. The molecule has 67 heavy (non-hydrogen) atoms. The number of nitrogens with two attached hydrogens (primary N) is 2. The van der Waals surface area contributed by atoms with Gasteiger partial charge in [-0.15, -0.1) is 24.8 Å².